The third-order valence-corrected chi connectivity index (χ3v) is 0.791. The van der Waals surface area contributed by atoms with Crippen LogP contribution in [0.25, 0.3) is 0 Å². The van der Waals surface area contributed by atoms with Crippen LogP contribution in [0, 0.1) is 0 Å². The standard InChI is InChI=1S/C6H10O3.Na.H2O4S.H/c1-3-9-6(8)5(2)4-7;;1-5(2,3)4;/h4,7H,3H2,1-2H3;;(H2,1,2,3,4);. The van der Waals surface area contributed by atoms with Crippen molar-refractivity contribution < 1.29 is 32.2 Å². The molecule has 0 atom stereocenters. The number of ether oxygens (including phenoxy) is 1. The van der Waals surface area contributed by atoms with Crippen LogP contribution in [-0.2, 0) is 19.9 Å². The number of hydrogen-bond acceptors (Lipinski definition) is 5. The average Bonchev–Trinajstić information content (AvgIpc) is 2.00. The molecule has 0 aromatic carbocycles. The average molecular weight is 252 g/mol. The summed E-state index contributed by atoms with van der Waals surface area (Å²) in [7, 11) is -4.67. The van der Waals surface area contributed by atoms with Crippen molar-refractivity contribution in [3.8, 4) is 0 Å². The molecule has 0 saturated heterocycles. The number of aliphatic hydroxyl groups excluding tert-OH is 1. The Labute approximate surface area is 110 Å². The fourth-order valence-corrected chi connectivity index (χ4v) is 0.298. The van der Waals surface area contributed by atoms with Gasteiger partial charge in [-0.1, -0.05) is 0 Å². The van der Waals surface area contributed by atoms with E-state index in [1.54, 1.807) is 6.92 Å². The Hall–Kier alpha value is -0.120. The molecule has 0 aliphatic carbocycles. The van der Waals surface area contributed by atoms with Gasteiger partial charge in [0.15, 0.2) is 0 Å². The van der Waals surface area contributed by atoms with Gasteiger partial charge in [-0.05, 0) is 13.8 Å². The molecule has 0 radical (unpaired) electrons. The van der Waals surface area contributed by atoms with Crippen LogP contribution in [0.15, 0.2) is 11.8 Å². The van der Waals surface area contributed by atoms with Crippen molar-refractivity contribution in [1.29, 1.82) is 0 Å². The van der Waals surface area contributed by atoms with E-state index in [4.69, 9.17) is 22.6 Å². The van der Waals surface area contributed by atoms with Crippen molar-refractivity contribution in [2.24, 2.45) is 0 Å². The second kappa shape index (κ2) is 10.4. The topological polar surface area (TPSA) is 121 Å². The molecular formula is C6H13NaO7S. The van der Waals surface area contributed by atoms with Crippen molar-refractivity contribution in [3.05, 3.63) is 11.8 Å². The molecule has 7 nitrogen and oxygen atoms in total. The summed E-state index contributed by atoms with van der Waals surface area (Å²) in [5.41, 5.74) is 0.219. The molecule has 0 unspecified atom stereocenters. The number of carbonyl (C=O) groups is 1. The molecule has 0 fully saturated rings. The summed E-state index contributed by atoms with van der Waals surface area (Å²) < 4.78 is 36.1. The molecule has 3 N–H and O–H groups in total. The van der Waals surface area contributed by atoms with Gasteiger partial charge in [-0.2, -0.15) is 8.42 Å². The van der Waals surface area contributed by atoms with E-state index in [0.717, 1.165) is 6.26 Å². The van der Waals surface area contributed by atoms with Crippen molar-refractivity contribution in [2.45, 2.75) is 13.8 Å². The van der Waals surface area contributed by atoms with Gasteiger partial charge >= 0.3 is 45.9 Å². The zero-order chi connectivity index (χ0) is 11.8. The SMILES string of the molecule is CCOC(=O)C(C)=CO.O=S(=O)(O)O.[NaH]. The fraction of sp³-hybridized carbons (Fsp3) is 0.500. The summed E-state index contributed by atoms with van der Waals surface area (Å²) >= 11 is 0. The normalized spacial score (nSPS) is 10.5. The molecule has 15 heavy (non-hydrogen) atoms. The van der Waals surface area contributed by atoms with E-state index in [1.807, 2.05) is 0 Å². The fourth-order valence-electron chi connectivity index (χ4n) is 0.298. The van der Waals surface area contributed by atoms with Crippen molar-refractivity contribution in [1.82, 2.24) is 0 Å². The van der Waals surface area contributed by atoms with E-state index in [9.17, 15) is 4.79 Å². The van der Waals surface area contributed by atoms with E-state index in [2.05, 4.69) is 4.74 Å². The van der Waals surface area contributed by atoms with Crippen molar-refractivity contribution in [2.75, 3.05) is 6.61 Å². The first-order valence-corrected chi connectivity index (χ1v) is 4.80. The summed E-state index contributed by atoms with van der Waals surface area (Å²) in [5.74, 6) is -0.472. The monoisotopic (exact) mass is 252 g/mol. The zero-order valence-corrected chi connectivity index (χ0v) is 8.48. The van der Waals surface area contributed by atoms with Gasteiger partial charge in [-0.3, -0.25) is 9.11 Å². The number of carbonyl (C=O) groups excluding carboxylic acids is 1. The Balaban J connectivity index is -0.000000208. The minimum atomic E-state index is -4.67. The molecule has 0 aliphatic rings. The Morgan fingerprint density at radius 1 is 1.40 bits per heavy atom. The molecule has 0 aromatic rings. The number of hydrogen-bond donors (Lipinski definition) is 3. The van der Waals surface area contributed by atoms with Gasteiger partial charge in [0.2, 0.25) is 0 Å². The van der Waals surface area contributed by atoms with Crippen LogP contribution in [0.4, 0.5) is 0 Å². The van der Waals surface area contributed by atoms with Gasteiger partial charge < -0.3 is 9.84 Å². The summed E-state index contributed by atoms with van der Waals surface area (Å²) in [4.78, 5) is 10.5. The zero-order valence-electron chi connectivity index (χ0n) is 7.67. The van der Waals surface area contributed by atoms with Crippen LogP contribution < -0.4 is 0 Å². The summed E-state index contributed by atoms with van der Waals surface area (Å²) in [5, 5.41) is 8.27. The Morgan fingerprint density at radius 3 is 1.93 bits per heavy atom. The summed E-state index contributed by atoms with van der Waals surface area (Å²) in [6, 6.07) is 0. The van der Waals surface area contributed by atoms with E-state index in [0.29, 0.717) is 6.61 Å². The molecule has 0 bridgehead atoms. The predicted molar refractivity (Wildman–Crippen MR) is 54.3 cm³/mol. The quantitative estimate of drug-likeness (QED) is 0.203. The molecule has 0 aliphatic heterocycles. The van der Waals surface area contributed by atoms with E-state index in [-0.39, 0.29) is 35.1 Å². The molecular weight excluding hydrogens is 239 g/mol. The summed E-state index contributed by atoms with van der Waals surface area (Å²) in [6.07, 6.45) is 0.734. The molecule has 0 amide bonds. The van der Waals surface area contributed by atoms with Gasteiger partial charge in [0, 0.05) is 0 Å². The van der Waals surface area contributed by atoms with Gasteiger partial charge in [-0.25, -0.2) is 4.79 Å². The molecule has 0 heterocycles. The second-order valence-corrected chi connectivity index (χ2v) is 2.88. The maximum atomic E-state index is 10.5. The van der Waals surface area contributed by atoms with Gasteiger partial charge in [0.1, 0.15) is 0 Å². The number of rotatable bonds is 2. The summed E-state index contributed by atoms with van der Waals surface area (Å²) in [6.45, 7) is 3.53. The van der Waals surface area contributed by atoms with Gasteiger partial charge in [0.05, 0.1) is 18.4 Å². The maximum absolute atomic E-state index is 10.5. The Bertz CT molecular complexity index is 287. The van der Waals surface area contributed by atoms with Crippen LogP contribution in [0.3, 0.4) is 0 Å². The van der Waals surface area contributed by atoms with Crippen LogP contribution in [0.2, 0.25) is 0 Å². The van der Waals surface area contributed by atoms with E-state index >= 15 is 0 Å². The van der Waals surface area contributed by atoms with Crippen LogP contribution >= 0.6 is 0 Å². The first kappa shape index (κ1) is 20.3. The van der Waals surface area contributed by atoms with Crippen molar-refractivity contribution >= 4 is 45.9 Å². The Morgan fingerprint density at radius 2 is 1.73 bits per heavy atom. The number of esters is 1. The molecule has 0 saturated carbocycles. The minimum absolute atomic E-state index is 0. The Kier molecular flexibility index (Phi) is 14.1. The third-order valence-electron chi connectivity index (χ3n) is 0.791. The van der Waals surface area contributed by atoms with E-state index in [1.165, 1.54) is 6.92 Å². The first-order chi connectivity index (χ1) is 6.22. The van der Waals surface area contributed by atoms with E-state index < -0.39 is 16.4 Å². The molecule has 86 valence electrons. The van der Waals surface area contributed by atoms with Gasteiger partial charge in [-0.15, -0.1) is 0 Å². The van der Waals surface area contributed by atoms with Crippen LogP contribution in [0.5, 0.6) is 0 Å². The predicted octanol–water partition coefficient (Wildman–Crippen LogP) is -0.290. The molecule has 0 rings (SSSR count). The van der Waals surface area contributed by atoms with Crippen LogP contribution in [0.1, 0.15) is 13.8 Å². The van der Waals surface area contributed by atoms with Gasteiger partial charge in [0.25, 0.3) is 0 Å². The molecule has 9 heteroatoms. The second-order valence-electron chi connectivity index (χ2n) is 1.98. The van der Waals surface area contributed by atoms with Crippen molar-refractivity contribution in [3.63, 3.8) is 0 Å². The van der Waals surface area contributed by atoms with Crippen LogP contribution in [-0.4, -0.2) is 64.8 Å². The third kappa shape index (κ3) is 24.8. The molecule has 0 spiro atoms. The number of aliphatic hydroxyl groups is 1. The molecule has 0 aromatic heterocycles. The first-order valence-electron chi connectivity index (χ1n) is 3.40.